The van der Waals surface area contributed by atoms with Crippen LogP contribution in [-0.2, 0) is 11.2 Å². The molecule has 3 aromatic rings. The van der Waals surface area contributed by atoms with Crippen molar-refractivity contribution >= 4 is 23.2 Å². The Morgan fingerprint density at radius 1 is 0.885 bits per heavy atom. The number of aryl methyl sites for hydroxylation is 1. The van der Waals surface area contributed by atoms with Gasteiger partial charge in [-0.15, -0.1) is 0 Å². The van der Waals surface area contributed by atoms with Crippen LogP contribution in [0.3, 0.4) is 0 Å². The first-order chi connectivity index (χ1) is 12.6. The fourth-order valence-electron chi connectivity index (χ4n) is 2.62. The molecule has 0 aliphatic carbocycles. The third kappa shape index (κ3) is 4.72. The highest BCUT2D eigenvalue weighted by molar-refractivity contribution is 6.30. The molecule has 0 aliphatic heterocycles. The molecule has 0 heterocycles. The number of nitrogens with zero attached hydrogens (tertiary/aromatic N) is 1. The van der Waals surface area contributed by atoms with E-state index in [9.17, 15) is 4.79 Å². The first-order valence-electron chi connectivity index (χ1n) is 8.29. The summed E-state index contributed by atoms with van der Waals surface area (Å²) in [6.45, 7) is 0. The number of nitrogens with one attached hydrogen (secondary N) is 1. The van der Waals surface area contributed by atoms with Gasteiger partial charge in [0.25, 0.3) is 0 Å². The lowest BCUT2D eigenvalue weighted by Gasteiger charge is -2.07. The van der Waals surface area contributed by atoms with Gasteiger partial charge in [0.2, 0.25) is 5.91 Å². The van der Waals surface area contributed by atoms with Gasteiger partial charge in [0.1, 0.15) is 0 Å². The maximum absolute atomic E-state index is 12.1. The number of hydrogen-bond donors (Lipinski definition) is 1. The van der Waals surface area contributed by atoms with Crippen molar-refractivity contribution in [3.63, 3.8) is 0 Å². The zero-order valence-electron chi connectivity index (χ0n) is 14.1. The van der Waals surface area contributed by atoms with Crippen LogP contribution in [0.5, 0.6) is 0 Å². The van der Waals surface area contributed by atoms with Crippen LogP contribution in [-0.4, -0.2) is 5.91 Å². The van der Waals surface area contributed by atoms with E-state index in [1.807, 2.05) is 60.7 Å². The minimum atomic E-state index is -0.0337. The highest BCUT2D eigenvalue weighted by Crippen LogP contribution is 2.23. The fraction of sp³-hybridized carbons (Fsp3) is 0.0909. The van der Waals surface area contributed by atoms with Gasteiger partial charge in [-0.1, -0.05) is 48.0 Å². The molecule has 0 bridgehead atoms. The predicted octanol–water partition coefficient (Wildman–Crippen LogP) is 5.45. The summed E-state index contributed by atoms with van der Waals surface area (Å²) in [6, 6.07) is 24.8. The molecule has 0 fully saturated rings. The summed E-state index contributed by atoms with van der Waals surface area (Å²) in [4.78, 5) is 12.1. The summed E-state index contributed by atoms with van der Waals surface area (Å²) in [5.41, 5.74) is 4.58. The standard InChI is InChI=1S/C22H17ClN2O/c23-20-10-6-18(7-11-20)19-8-12-21(13-9-19)25-22(26)14-5-16-1-3-17(15-24)4-2-16/h1-4,6-13H,5,14H2,(H,25,26). The highest BCUT2D eigenvalue weighted by Gasteiger charge is 2.04. The molecular weight excluding hydrogens is 344 g/mol. The molecule has 1 amide bonds. The molecule has 0 aromatic heterocycles. The molecule has 4 heteroatoms. The van der Waals surface area contributed by atoms with Gasteiger partial charge >= 0.3 is 0 Å². The number of benzene rings is 3. The minimum absolute atomic E-state index is 0.0337. The maximum atomic E-state index is 12.1. The Balaban J connectivity index is 1.55. The van der Waals surface area contributed by atoms with Crippen LogP contribution in [0, 0.1) is 11.3 Å². The Hall–Kier alpha value is -3.09. The summed E-state index contributed by atoms with van der Waals surface area (Å²) in [5.74, 6) is -0.0337. The summed E-state index contributed by atoms with van der Waals surface area (Å²) >= 11 is 5.91. The van der Waals surface area contributed by atoms with Crippen LogP contribution in [0.1, 0.15) is 17.5 Å². The van der Waals surface area contributed by atoms with Crippen molar-refractivity contribution in [3.8, 4) is 17.2 Å². The average Bonchev–Trinajstić information content (AvgIpc) is 2.68. The minimum Gasteiger partial charge on any atom is -0.326 e. The molecular formula is C22H17ClN2O. The van der Waals surface area contributed by atoms with Crippen LogP contribution >= 0.6 is 11.6 Å². The largest absolute Gasteiger partial charge is 0.326 e. The molecule has 0 aliphatic rings. The van der Waals surface area contributed by atoms with Crippen molar-refractivity contribution in [2.24, 2.45) is 0 Å². The third-order valence-corrected chi connectivity index (χ3v) is 4.32. The van der Waals surface area contributed by atoms with E-state index < -0.39 is 0 Å². The number of hydrogen-bond acceptors (Lipinski definition) is 2. The molecule has 128 valence electrons. The lowest BCUT2D eigenvalue weighted by molar-refractivity contribution is -0.116. The average molecular weight is 361 g/mol. The van der Waals surface area contributed by atoms with Gasteiger partial charge < -0.3 is 5.32 Å². The van der Waals surface area contributed by atoms with E-state index in [-0.39, 0.29) is 5.91 Å². The number of anilines is 1. The number of amides is 1. The van der Waals surface area contributed by atoms with Gasteiger partial charge in [0.05, 0.1) is 11.6 Å². The second-order valence-electron chi connectivity index (χ2n) is 5.94. The molecule has 0 saturated heterocycles. The fourth-order valence-corrected chi connectivity index (χ4v) is 2.74. The van der Waals surface area contributed by atoms with Crippen molar-refractivity contribution in [2.75, 3.05) is 5.32 Å². The van der Waals surface area contributed by atoms with Gasteiger partial charge in [-0.25, -0.2) is 0 Å². The molecule has 0 atom stereocenters. The molecule has 1 N–H and O–H groups in total. The van der Waals surface area contributed by atoms with Crippen LogP contribution in [0.15, 0.2) is 72.8 Å². The Morgan fingerprint density at radius 2 is 1.46 bits per heavy atom. The first kappa shape index (κ1) is 17.7. The second kappa shape index (κ2) is 8.33. The Labute approximate surface area is 157 Å². The smallest absolute Gasteiger partial charge is 0.224 e. The zero-order chi connectivity index (χ0) is 18.4. The van der Waals surface area contributed by atoms with Gasteiger partial charge in [-0.05, 0) is 59.5 Å². The summed E-state index contributed by atoms with van der Waals surface area (Å²) in [6.07, 6.45) is 1.03. The number of carbonyl (C=O) groups excluding carboxylic acids is 1. The van der Waals surface area contributed by atoms with E-state index in [4.69, 9.17) is 16.9 Å². The van der Waals surface area contributed by atoms with Crippen molar-refractivity contribution in [1.82, 2.24) is 0 Å². The Morgan fingerprint density at radius 3 is 2.04 bits per heavy atom. The van der Waals surface area contributed by atoms with Gasteiger partial charge in [0.15, 0.2) is 0 Å². The number of rotatable bonds is 5. The summed E-state index contributed by atoms with van der Waals surface area (Å²) in [5, 5.41) is 12.4. The Bertz CT molecular complexity index is 924. The molecule has 26 heavy (non-hydrogen) atoms. The molecule has 0 radical (unpaired) electrons. The van der Waals surface area contributed by atoms with E-state index in [1.165, 1.54) is 0 Å². The van der Waals surface area contributed by atoms with Crippen molar-refractivity contribution in [2.45, 2.75) is 12.8 Å². The van der Waals surface area contributed by atoms with E-state index >= 15 is 0 Å². The van der Waals surface area contributed by atoms with E-state index in [0.29, 0.717) is 23.4 Å². The number of halogens is 1. The first-order valence-corrected chi connectivity index (χ1v) is 8.67. The normalized spacial score (nSPS) is 10.2. The van der Waals surface area contributed by atoms with Crippen LogP contribution in [0.4, 0.5) is 5.69 Å². The lowest BCUT2D eigenvalue weighted by Crippen LogP contribution is -2.12. The Kier molecular flexibility index (Phi) is 5.68. The van der Waals surface area contributed by atoms with Crippen molar-refractivity contribution in [3.05, 3.63) is 88.9 Å². The summed E-state index contributed by atoms with van der Waals surface area (Å²) in [7, 11) is 0. The van der Waals surface area contributed by atoms with E-state index in [2.05, 4.69) is 11.4 Å². The predicted molar refractivity (Wildman–Crippen MR) is 105 cm³/mol. The molecule has 0 spiro atoms. The third-order valence-electron chi connectivity index (χ3n) is 4.07. The molecule has 3 rings (SSSR count). The van der Waals surface area contributed by atoms with Crippen LogP contribution < -0.4 is 5.32 Å². The zero-order valence-corrected chi connectivity index (χ0v) is 14.8. The molecule has 0 unspecified atom stereocenters. The quantitative estimate of drug-likeness (QED) is 0.657. The van der Waals surface area contributed by atoms with Gasteiger partial charge in [0, 0.05) is 17.1 Å². The van der Waals surface area contributed by atoms with Crippen molar-refractivity contribution < 1.29 is 4.79 Å². The number of carbonyl (C=O) groups is 1. The van der Waals surface area contributed by atoms with Crippen LogP contribution in [0.2, 0.25) is 5.02 Å². The van der Waals surface area contributed by atoms with Gasteiger partial charge in [-0.2, -0.15) is 5.26 Å². The SMILES string of the molecule is N#Cc1ccc(CCC(=O)Nc2ccc(-c3ccc(Cl)cc3)cc2)cc1. The lowest BCUT2D eigenvalue weighted by atomic mass is 10.1. The van der Waals surface area contributed by atoms with E-state index in [0.717, 1.165) is 22.4 Å². The molecule has 3 aromatic carbocycles. The van der Waals surface area contributed by atoms with Crippen molar-refractivity contribution in [1.29, 1.82) is 5.26 Å². The molecule has 0 saturated carbocycles. The second-order valence-corrected chi connectivity index (χ2v) is 6.38. The van der Waals surface area contributed by atoms with Gasteiger partial charge in [-0.3, -0.25) is 4.79 Å². The topological polar surface area (TPSA) is 52.9 Å². The van der Waals surface area contributed by atoms with E-state index in [1.54, 1.807) is 12.1 Å². The number of nitriles is 1. The highest BCUT2D eigenvalue weighted by atomic mass is 35.5. The summed E-state index contributed by atoms with van der Waals surface area (Å²) < 4.78 is 0. The maximum Gasteiger partial charge on any atom is 0.224 e. The van der Waals surface area contributed by atoms with Crippen LogP contribution in [0.25, 0.3) is 11.1 Å². The molecule has 3 nitrogen and oxygen atoms in total. The monoisotopic (exact) mass is 360 g/mol.